The number of hydrogen-bond acceptors (Lipinski definition) is 7. The molecular formula is C23H26N6S. The minimum Gasteiger partial charge on any atom is -0.375 e. The van der Waals surface area contributed by atoms with Gasteiger partial charge in [0.15, 0.2) is 5.13 Å². The predicted molar refractivity (Wildman–Crippen MR) is 123 cm³/mol. The number of benzene rings is 1. The Labute approximate surface area is 181 Å². The molecule has 1 aliphatic heterocycles. The zero-order chi connectivity index (χ0) is 20.8. The lowest BCUT2D eigenvalue weighted by atomic mass is 10.0. The topological polar surface area (TPSA) is 82.1 Å². The summed E-state index contributed by atoms with van der Waals surface area (Å²) in [5.41, 5.74) is 9.83. The van der Waals surface area contributed by atoms with E-state index in [-0.39, 0.29) is 0 Å². The van der Waals surface area contributed by atoms with Crippen molar-refractivity contribution in [3.8, 4) is 17.3 Å². The Morgan fingerprint density at radius 3 is 2.57 bits per heavy atom. The molecule has 3 heterocycles. The third kappa shape index (κ3) is 4.96. The van der Waals surface area contributed by atoms with Gasteiger partial charge in [0, 0.05) is 43.3 Å². The molecule has 0 bridgehead atoms. The number of piperazine rings is 1. The van der Waals surface area contributed by atoms with Crippen LogP contribution in [0.25, 0.3) is 11.3 Å². The van der Waals surface area contributed by atoms with Gasteiger partial charge in [0.25, 0.3) is 0 Å². The average molecular weight is 419 g/mol. The maximum Gasteiger partial charge on any atom is 0.180 e. The zero-order valence-corrected chi connectivity index (χ0v) is 17.8. The van der Waals surface area contributed by atoms with Gasteiger partial charge in [-0.3, -0.25) is 4.90 Å². The van der Waals surface area contributed by atoms with Crippen LogP contribution in [0.15, 0.2) is 48.0 Å². The van der Waals surface area contributed by atoms with Crippen LogP contribution in [0.1, 0.15) is 24.0 Å². The van der Waals surface area contributed by atoms with Gasteiger partial charge < -0.3 is 10.6 Å². The third-order valence-corrected chi connectivity index (χ3v) is 6.21. The summed E-state index contributed by atoms with van der Waals surface area (Å²) in [6, 6.07) is 14.6. The molecule has 1 aromatic carbocycles. The number of thiazole rings is 1. The molecule has 1 aliphatic rings. The van der Waals surface area contributed by atoms with Crippen LogP contribution in [-0.4, -0.2) is 47.6 Å². The molecule has 2 N–H and O–H groups in total. The summed E-state index contributed by atoms with van der Waals surface area (Å²) in [7, 11) is 0. The monoisotopic (exact) mass is 418 g/mol. The van der Waals surface area contributed by atoms with Crippen molar-refractivity contribution in [3.05, 3.63) is 59.1 Å². The predicted octanol–water partition coefficient (Wildman–Crippen LogP) is 3.80. The normalized spacial score (nSPS) is 14.6. The molecule has 0 amide bonds. The Balaban J connectivity index is 1.18. The SMILES string of the molecule is N#Cc1cccnc1N1CCN(CCCCc2ccc(-c3csc(N)n3)cc2)CC1. The van der Waals surface area contributed by atoms with E-state index in [4.69, 9.17) is 5.73 Å². The van der Waals surface area contributed by atoms with Crippen molar-refractivity contribution in [3.63, 3.8) is 0 Å². The second kappa shape index (κ2) is 9.70. The van der Waals surface area contributed by atoms with E-state index < -0.39 is 0 Å². The van der Waals surface area contributed by atoms with Gasteiger partial charge in [-0.25, -0.2) is 9.97 Å². The van der Waals surface area contributed by atoms with E-state index in [0.717, 1.165) is 56.2 Å². The summed E-state index contributed by atoms with van der Waals surface area (Å²) in [5.74, 6) is 0.823. The molecule has 0 aliphatic carbocycles. The number of hydrogen-bond donors (Lipinski definition) is 1. The van der Waals surface area contributed by atoms with E-state index in [2.05, 4.69) is 50.1 Å². The Hall–Kier alpha value is -2.95. The van der Waals surface area contributed by atoms with Crippen LogP contribution >= 0.6 is 11.3 Å². The first-order valence-electron chi connectivity index (χ1n) is 10.4. The lowest BCUT2D eigenvalue weighted by Crippen LogP contribution is -2.47. The summed E-state index contributed by atoms with van der Waals surface area (Å²) in [5, 5.41) is 11.9. The largest absolute Gasteiger partial charge is 0.375 e. The van der Waals surface area contributed by atoms with Crippen molar-refractivity contribution in [2.45, 2.75) is 19.3 Å². The minimum absolute atomic E-state index is 0.612. The first-order chi connectivity index (χ1) is 14.7. The molecule has 0 atom stereocenters. The summed E-state index contributed by atoms with van der Waals surface area (Å²) < 4.78 is 0. The van der Waals surface area contributed by atoms with Gasteiger partial charge >= 0.3 is 0 Å². The van der Waals surface area contributed by atoms with E-state index in [0.29, 0.717) is 10.7 Å². The maximum absolute atomic E-state index is 9.28. The van der Waals surface area contributed by atoms with Crippen molar-refractivity contribution in [1.82, 2.24) is 14.9 Å². The van der Waals surface area contributed by atoms with Gasteiger partial charge in [0.2, 0.25) is 0 Å². The summed E-state index contributed by atoms with van der Waals surface area (Å²) in [6.07, 6.45) is 5.24. The third-order valence-electron chi connectivity index (χ3n) is 5.54. The fourth-order valence-corrected chi connectivity index (χ4v) is 4.42. The number of nitriles is 1. The standard InChI is InChI=1S/C23H26N6S/c24-16-20-5-3-10-26-22(20)29-14-12-28(13-15-29)11-2-1-4-18-6-8-19(9-7-18)21-17-30-23(25)27-21/h3,5-10,17H,1-2,4,11-15H2,(H2,25,27). The van der Waals surface area contributed by atoms with Crippen molar-refractivity contribution >= 4 is 22.3 Å². The van der Waals surface area contributed by atoms with Crippen molar-refractivity contribution in [2.24, 2.45) is 0 Å². The molecule has 6 nitrogen and oxygen atoms in total. The minimum atomic E-state index is 0.612. The zero-order valence-electron chi connectivity index (χ0n) is 17.0. The fourth-order valence-electron chi connectivity index (χ4n) is 3.85. The number of unbranched alkanes of at least 4 members (excludes halogenated alkanes) is 1. The highest BCUT2D eigenvalue weighted by molar-refractivity contribution is 7.13. The number of anilines is 2. The molecule has 154 valence electrons. The Kier molecular flexibility index (Phi) is 6.57. The quantitative estimate of drug-likeness (QED) is 0.588. The van der Waals surface area contributed by atoms with E-state index in [1.165, 1.54) is 29.7 Å². The number of nitrogens with two attached hydrogens (primary N) is 1. The molecule has 4 rings (SSSR count). The number of pyridine rings is 1. The number of aryl methyl sites for hydroxylation is 1. The van der Waals surface area contributed by atoms with Gasteiger partial charge in [0.05, 0.1) is 11.3 Å². The van der Waals surface area contributed by atoms with Crippen molar-refractivity contribution in [2.75, 3.05) is 43.4 Å². The van der Waals surface area contributed by atoms with E-state index >= 15 is 0 Å². The first kappa shape index (κ1) is 20.3. The first-order valence-corrected chi connectivity index (χ1v) is 11.2. The summed E-state index contributed by atoms with van der Waals surface area (Å²) in [6.45, 7) is 5.01. The van der Waals surface area contributed by atoms with E-state index in [1.54, 1.807) is 6.20 Å². The molecule has 3 aromatic rings. The number of nitrogens with zero attached hydrogens (tertiary/aromatic N) is 5. The van der Waals surface area contributed by atoms with E-state index in [9.17, 15) is 5.26 Å². The number of nitrogen functional groups attached to an aromatic ring is 1. The highest BCUT2D eigenvalue weighted by atomic mass is 32.1. The van der Waals surface area contributed by atoms with Gasteiger partial charge in [-0.2, -0.15) is 5.26 Å². The summed E-state index contributed by atoms with van der Waals surface area (Å²) >= 11 is 1.48. The van der Waals surface area contributed by atoms with Crippen molar-refractivity contribution in [1.29, 1.82) is 5.26 Å². The maximum atomic E-state index is 9.28. The van der Waals surface area contributed by atoms with Crippen LogP contribution in [0.2, 0.25) is 0 Å². The van der Waals surface area contributed by atoms with Crippen LogP contribution in [-0.2, 0) is 6.42 Å². The second-order valence-corrected chi connectivity index (χ2v) is 8.43. The van der Waals surface area contributed by atoms with Gasteiger partial charge in [-0.05, 0) is 43.5 Å². The molecule has 0 spiro atoms. The smallest absolute Gasteiger partial charge is 0.180 e. The highest BCUT2D eigenvalue weighted by Gasteiger charge is 2.19. The molecule has 7 heteroatoms. The van der Waals surface area contributed by atoms with Gasteiger partial charge in [-0.1, -0.05) is 24.3 Å². The molecule has 1 saturated heterocycles. The fraction of sp³-hybridized carbons (Fsp3) is 0.348. The highest BCUT2D eigenvalue weighted by Crippen LogP contribution is 2.23. The Morgan fingerprint density at radius 2 is 1.87 bits per heavy atom. The van der Waals surface area contributed by atoms with Crippen LogP contribution in [0.5, 0.6) is 0 Å². The molecule has 30 heavy (non-hydrogen) atoms. The van der Waals surface area contributed by atoms with Crippen LogP contribution in [0.3, 0.4) is 0 Å². The van der Waals surface area contributed by atoms with Crippen molar-refractivity contribution < 1.29 is 0 Å². The lowest BCUT2D eigenvalue weighted by Gasteiger charge is -2.35. The Bertz CT molecular complexity index is 999. The lowest BCUT2D eigenvalue weighted by molar-refractivity contribution is 0.252. The summed E-state index contributed by atoms with van der Waals surface area (Å²) in [4.78, 5) is 13.5. The molecule has 1 fully saturated rings. The Morgan fingerprint density at radius 1 is 1.07 bits per heavy atom. The molecule has 2 aromatic heterocycles. The van der Waals surface area contributed by atoms with Crippen LogP contribution < -0.4 is 10.6 Å². The molecule has 0 saturated carbocycles. The number of rotatable bonds is 7. The van der Waals surface area contributed by atoms with E-state index in [1.807, 2.05) is 17.5 Å². The van der Waals surface area contributed by atoms with Crippen LogP contribution in [0, 0.1) is 11.3 Å². The number of aromatic nitrogens is 2. The average Bonchev–Trinajstić information content (AvgIpc) is 3.24. The second-order valence-electron chi connectivity index (χ2n) is 7.54. The molecular weight excluding hydrogens is 392 g/mol. The van der Waals surface area contributed by atoms with Gasteiger partial charge in [0.1, 0.15) is 11.9 Å². The van der Waals surface area contributed by atoms with Gasteiger partial charge in [-0.15, -0.1) is 11.3 Å². The molecule has 0 unspecified atom stereocenters. The molecule has 0 radical (unpaired) electrons. The van der Waals surface area contributed by atoms with Crippen LogP contribution in [0.4, 0.5) is 10.9 Å².